The molecule has 1 aromatic rings. The Morgan fingerprint density at radius 2 is 2.41 bits per heavy atom. The summed E-state index contributed by atoms with van der Waals surface area (Å²) >= 11 is 0. The molecule has 1 unspecified atom stereocenters. The van der Waals surface area contributed by atoms with Gasteiger partial charge in [-0.05, 0) is 32.6 Å². The zero-order valence-electron chi connectivity index (χ0n) is 10.7. The van der Waals surface area contributed by atoms with Crippen LogP contribution in [0.15, 0.2) is 0 Å². The van der Waals surface area contributed by atoms with Gasteiger partial charge in [0, 0.05) is 26.3 Å². The van der Waals surface area contributed by atoms with Gasteiger partial charge in [-0.15, -0.1) is 0 Å². The lowest BCUT2D eigenvalue weighted by Crippen LogP contribution is -2.13. The summed E-state index contributed by atoms with van der Waals surface area (Å²) in [7, 11) is 0. The van der Waals surface area contributed by atoms with Crippen molar-refractivity contribution in [2.75, 3.05) is 30.8 Å². The van der Waals surface area contributed by atoms with Crippen LogP contribution in [-0.4, -0.2) is 29.5 Å². The van der Waals surface area contributed by atoms with Crippen LogP contribution in [0.2, 0.25) is 0 Å². The van der Waals surface area contributed by atoms with Gasteiger partial charge >= 0.3 is 0 Å². The van der Waals surface area contributed by atoms with E-state index in [1.54, 1.807) is 0 Å². The van der Waals surface area contributed by atoms with E-state index in [4.69, 9.17) is 10.5 Å². The highest BCUT2D eigenvalue weighted by atomic mass is 16.5. The van der Waals surface area contributed by atoms with E-state index in [9.17, 15) is 0 Å². The molecule has 3 N–H and O–H groups in total. The van der Waals surface area contributed by atoms with E-state index in [0.29, 0.717) is 5.92 Å². The number of aryl methyl sites for hydroxylation is 2. The largest absolute Gasteiger partial charge is 0.394 e. The van der Waals surface area contributed by atoms with Gasteiger partial charge in [-0.1, -0.05) is 0 Å². The van der Waals surface area contributed by atoms with Crippen LogP contribution >= 0.6 is 0 Å². The second kappa shape index (κ2) is 5.40. The average molecular weight is 238 g/mol. The maximum Gasteiger partial charge on any atom is 0.148 e. The normalized spacial score (nSPS) is 19.8. The lowest BCUT2D eigenvalue weighted by Gasteiger charge is -2.11. The van der Waals surface area contributed by atoms with Gasteiger partial charge in [0.05, 0.1) is 11.4 Å². The molecule has 5 nitrogen and oxygen atoms in total. The number of rotatable bonds is 5. The third-order valence-electron chi connectivity index (χ3n) is 3.34. The van der Waals surface area contributed by atoms with Crippen LogP contribution in [0.4, 0.5) is 11.5 Å². The van der Waals surface area contributed by atoms with Crippen LogP contribution < -0.4 is 11.1 Å². The van der Waals surface area contributed by atoms with Gasteiger partial charge in [0.2, 0.25) is 0 Å². The second-order valence-electron chi connectivity index (χ2n) is 4.61. The van der Waals surface area contributed by atoms with Crippen molar-refractivity contribution in [2.24, 2.45) is 5.92 Å². The Kier molecular flexibility index (Phi) is 3.89. The van der Waals surface area contributed by atoms with Crippen LogP contribution in [0.3, 0.4) is 0 Å². The fourth-order valence-corrected chi connectivity index (χ4v) is 2.22. The quantitative estimate of drug-likeness (QED) is 0.818. The molecule has 17 heavy (non-hydrogen) atoms. The Labute approximate surface area is 102 Å². The van der Waals surface area contributed by atoms with Crippen molar-refractivity contribution < 1.29 is 4.74 Å². The number of hydrogen-bond acceptors (Lipinski definition) is 4. The smallest absolute Gasteiger partial charge is 0.148 e. The number of nitrogens with one attached hydrogen (secondary N) is 1. The summed E-state index contributed by atoms with van der Waals surface area (Å²) in [5, 5.41) is 7.78. The summed E-state index contributed by atoms with van der Waals surface area (Å²) in [6.45, 7) is 7.61. The first kappa shape index (κ1) is 12.2. The molecule has 1 saturated heterocycles. The maximum atomic E-state index is 6.00. The Morgan fingerprint density at radius 3 is 3.06 bits per heavy atom. The molecule has 0 spiro atoms. The first-order chi connectivity index (χ1) is 8.22. The van der Waals surface area contributed by atoms with Gasteiger partial charge < -0.3 is 15.8 Å². The van der Waals surface area contributed by atoms with Gasteiger partial charge in [-0.25, -0.2) is 4.68 Å². The number of hydrogen-bond donors (Lipinski definition) is 2. The zero-order chi connectivity index (χ0) is 12.3. The molecular formula is C12H22N4O. The minimum Gasteiger partial charge on any atom is -0.394 e. The number of nitrogens with two attached hydrogens (primary N) is 1. The predicted octanol–water partition coefficient (Wildman–Crippen LogP) is 1.63. The van der Waals surface area contributed by atoms with Crippen LogP contribution in [0, 0.1) is 12.8 Å². The molecule has 1 aromatic heterocycles. The van der Waals surface area contributed by atoms with Crippen LogP contribution in [-0.2, 0) is 11.3 Å². The summed E-state index contributed by atoms with van der Waals surface area (Å²) in [4.78, 5) is 0. The predicted molar refractivity (Wildman–Crippen MR) is 69.1 cm³/mol. The Bertz CT molecular complexity index is 369. The molecule has 0 aliphatic carbocycles. The van der Waals surface area contributed by atoms with E-state index in [-0.39, 0.29) is 0 Å². The summed E-state index contributed by atoms with van der Waals surface area (Å²) < 4.78 is 7.29. The first-order valence-electron chi connectivity index (χ1n) is 6.36. The molecule has 2 heterocycles. The van der Waals surface area contributed by atoms with Crippen molar-refractivity contribution in [3.8, 4) is 0 Å². The number of nitrogens with zero attached hydrogens (tertiary/aromatic N) is 2. The van der Waals surface area contributed by atoms with Crippen molar-refractivity contribution in [3.05, 3.63) is 5.69 Å². The molecule has 1 aliphatic rings. The Balaban J connectivity index is 1.89. The maximum absolute atomic E-state index is 6.00. The average Bonchev–Trinajstić information content (AvgIpc) is 2.92. The molecule has 0 saturated carbocycles. The van der Waals surface area contributed by atoms with Gasteiger partial charge in [-0.2, -0.15) is 5.10 Å². The number of nitrogen functional groups attached to an aromatic ring is 1. The number of aromatic nitrogens is 2. The van der Waals surface area contributed by atoms with E-state index in [1.165, 1.54) is 6.42 Å². The first-order valence-corrected chi connectivity index (χ1v) is 6.36. The molecule has 0 radical (unpaired) electrons. The SMILES string of the molecule is CCn1nc(C)c(N)c1NCCC1CCOC1. The molecule has 1 fully saturated rings. The fraction of sp³-hybridized carbons (Fsp3) is 0.750. The summed E-state index contributed by atoms with van der Waals surface area (Å²) in [6.07, 6.45) is 2.32. The van der Waals surface area contributed by atoms with E-state index in [2.05, 4.69) is 17.3 Å². The lowest BCUT2D eigenvalue weighted by molar-refractivity contribution is 0.185. The topological polar surface area (TPSA) is 65.1 Å². The van der Waals surface area contributed by atoms with E-state index >= 15 is 0 Å². The van der Waals surface area contributed by atoms with Crippen molar-refractivity contribution in [1.29, 1.82) is 0 Å². The van der Waals surface area contributed by atoms with Gasteiger partial charge in [0.25, 0.3) is 0 Å². The summed E-state index contributed by atoms with van der Waals surface area (Å²) in [6, 6.07) is 0. The molecule has 0 aromatic carbocycles. The molecule has 2 rings (SSSR count). The molecule has 5 heteroatoms. The molecular weight excluding hydrogens is 216 g/mol. The highest BCUT2D eigenvalue weighted by Crippen LogP contribution is 2.23. The second-order valence-corrected chi connectivity index (χ2v) is 4.61. The summed E-state index contributed by atoms with van der Waals surface area (Å²) in [5.41, 5.74) is 7.68. The van der Waals surface area contributed by atoms with E-state index in [0.717, 1.165) is 49.9 Å². The third-order valence-corrected chi connectivity index (χ3v) is 3.34. The van der Waals surface area contributed by atoms with Crippen molar-refractivity contribution in [3.63, 3.8) is 0 Å². The lowest BCUT2D eigenvalue weighted by atomic mass is 10.1. The molecule has 0 bridgehead atoms. The van der Waals surface area contributed by atoms with Crippen LogP contribution in [0.25, 0.3) is 0 Å². The highest BCUT2D eigenvalue weighted by molar-refractivity contribution is 5.64. The van der Waals surface area contributed by atoms with Crippen molar-refractivity contribution in [2.45, 2.75) is 33.2 Å². The molecule has 1 aliphatic heterocycles. The molecule has 0 amide bonds. The number of ether oxygens (including phenoxy) is 1. The van der Waals surface area contributed by atoms with Crippen LogP contribution in [0.5, 0.6) is 0 Å². The van der Waals surface area contributed by atoms with Crippen molar-refractivity contribution in [1.82, 2.24) is 9.78 Å². The summed E-state index contributed by atoms with van der Waals surface area (Å²) in [5.74, 6) is 1.66. The minimum absolute atomic E-state index is 0.697. The Morgan fingerprint density at radius 1 is 1.59 bits per heavy atom. The fourth-order valence-electron chi connectivity index (χ4n) is 2.22. The minimum atomic E-state index is 0.697. The van der Waals surface area contributed by atoms with Gasteiger partial charge in [-0.3, -0.25) is 0 Å². The van der Waals surface area contributed by atoms with Crippen molar-refractivity contribution >= 4 is 11.5 Å². The monoisotopic (exact) mass is 238 g/mol. The third kappa shape index (κ3) is 2.72. The van der Waals surface area contributed by atoms with Gasteiger partial charge in [0.15, 0.2) is 0 Å². The standard InChI is InChI=1S/C12H22N4O/c1-3-16-12(11(13)9(2)15-16)14-6-4-10-5-7-17-8-10/h10,14H,3-8,13H2,1-2H3. The zero-order valence-corrected chi connectivity index (χ0v) is 10.7. The number of anilines is 2. The molecule has 1 atom stereocenters. The van der Waals surface area contributed by atoms with E-state index < -0.39 is 0 Å². The Hall–Kier alpha value is -1.23. The van der Waals surface area contributed by atoms with Gasteiger partial charge in [0.1, 0.15) is 5.82 Å². The highest BCUT2D eigenvalue weighted by Gasteiger charge is 2.16. The van der Waals surface area contributed by atoms with Crippen LogP contribution in [0.1, 0.15) is 25.5 Å². The molecule has 96 valence electrons. The van der Waals surface area contributed by atoms with E-state index in [1.807, 2.05) is 11.6 Å².